The lowest BCUT2D eigenvalue weighted by Crippen LogP contribution is -2.11. The monoisotopic (exact) mass is 390 g/mol. The zero-order valence-electron chi connectivity index (χ0n) is 15.5. The second kappa shape index (κ2) is 10.4. The van der Waals surface area contributed by atoms with Gasteiger partial charge in [-0.1, -0.05) is 0 Å². The highest BCUT2D eigenvalue weighted by Gasteiger charge is 2.16. The van der Waals surface area contributed by atoms with Crippen molar-refractivity contribution in [2.45, 2.75) is 13.8 Å². The van der Waals surface area contributed by atoms with Crippen LogP contribution in [-0.2, 0) is 0 Å². The highest BCUT2D eigenvalue weighted by molar-refractivity contribution is 5.94. The second-order valence-corrected chi connectivity index (χ2v) is 5.29. The zero-order valence-corrected chi connectivity index (χ0v) is 15.5. The molecule has 2 rings (SSSR count). The predicted octanol–water partition coefficient (Wildman–Crippen LogP) is 1.86. The molecule has 28 heavy (non-hydrogen) atoms. The Morgan fingerprint density at radius 1 is 0.929 bits per heavy atom. The molecule has 0 aliphatic heterocycles. The molecular formula is C18H22N4O6. The van der Waals surface area contributed by atoms with Gasteiger partial charge in [-0.2, -0.15) is 0 Å². The van der Waals surface area contributed by atoms with E-state index in [1.807, 2.05) is 6.92 Å². The lowest BCUT2D eigenvalue weighted by Gasteiger charge is -2.07. The van der Waals surface area contributed by atoms with Crippen LogP contribution in [0.4, 0.5) is 11.4 Å². The van der Waals surface area contributed by atoms with Crippen molar-refractivity contribution in [1.29, 1.82) is 0 Å². The van der Waals surface area contributed by atoms with E-state index in [2.05, 4.69) is 0 Å². The summed E-state index contributed by atoms with van der Waals surface area (Å²) in [5.41, 5.74) is 16.6. The third kappa shape index (κ3) is 6.16. The lowest BCUT2D eigenvalue weighted by atomic mass is 10.2. The van der Waals surface area contributed by atoms with Crippen molar-refractivity contribution in [3.05, 3.63) is 57.6 Å². The van der Waals surface area contributed by atoms with Crippen molar-refractivity contribution in [3.8, 4) is 11.5 Å². The average Bonchev–Trinajstić information content (AvgIpc) is 2.64. The van der Waals surface area contributed by atoms with Gasteiger partial charge in [0.25, 0.3) is 0 Å². The average molecular weight is 390 g/mol. The van der Waals surface area contributed by atoms with Crippen LogP contribution in [-0.4, -0.2) is 30.0 Å². The molecule has 10 heteroatoms. The summed E-state index contributed by atoms with van der Waals surface area (Å²) in [6.07, 6.45) is 0. The minimum absolute atomic E-state index is 0.0544. The summed E-state index contributed by atoms with van der Waals surface area (Å²) in [7, 11) is 0. The van der Waals surface area contributed by atoms with Crippen molar-refractivity contribution in [1.82, 2.24) is 0 Å². The predicted molar refractivity (Wildman–Crippen MR) is 103 cm³/mol. The molecule has 0 heterocycles. The normalized spacial score (nSPS) is 9.64. The smallest absolute Gasteiger partial charge is 0.310 e. The molecule has 0 bridgehead atoms. The van der Waals surface area contributed by atoms with E-state index >= 15 is 0 Å². The fraction of sp³-hybridized carbons (Fsp3) is 0.222. The number of nitrogen functional groups attached to an aromatic ring is 1. The zero-order chi connectivity index (χ0) is 21.3. The van der Waals surface area contributed by atoms with Crippen molar-refractivity contribution in [2.24, 2.45) is 11.5 Å². The Morgan fingerprint density at radius 3 is 1.86 bits per heavy atom. The molecule has 2 aromatic carbocycles. The van der Waals surface area contributed by atoms with Gasteiger partial charge in [-0.15, -0.1) is 0 Å². The summed E-state index contributed by atoms with van der Waals surface area (Å²) in [5.74, 6) is -0.579. The number of anilines is 1. The number of benzene rings is 2. The quantitative estimate of drug-likeness (QED) is 0.367. The molecule has 0 aliphatic carbocycles. The highest BCUT2D eigenvalue weighted by Crippen LogP contribution is 2.27. The van der Waals surface area contributed by atoms with Crippen LogP contribution in [0, 0.1) is 10.1 Å². The molecule has 10 nitrogen and oxygen atoms in total. The molecule has 0 saturated carbocycles. The Bertz CT molecular complexity index is 869. The molecule has 0 saturated heterocycles. The van der Waals surface area contributed by atoms with E-state index in [4.69, 9.17) is 26.7 Å². The number of carbonyl (C=O) groups excluding carboxylic acids is 2. The first-order valence-corrected chi connectivity index (χ1v) is 8.24. The second-order valence-electron chi connectivity index (χ2n) is 5.29. The number of hydrogen-bond acceptors (Lipinski definition) is 7. The number of nitro benzene ring substituents is 1. The molecule has 2 amide bonds. The number of ether oxygens (including phenoxy) is 2. The van der Waals surface area contributed by atoms with Crippen LogP contribution in [0.1, 0.15) is 34.6 Å². The van der Waals surface area contributed by atoms with Crippen LogP contribution in [0.2, 0.25) is 0 Å². The molecular weight excluding hydrogens is 368 g/mol. The van der Waals surface area contributed by atoms with Gasteiger partial charge in [-0.3, -0.25) is 19.7 Å². The standard InChI is InChI=1S/C9H10N2O4.C9H12N2O2/c1-2-15-8-5-6(9(10)12)3-4-7(8)11(13)14;1-2-13-8-5-6(9(11)12)3-4-7(8)10/h3-5H,2H2,1H3,(H2,10,12);3-5H,2,10H2,1H3,(H2,11,12). The maximum absolute atomic E-state index is 10.8. The fourth-order valence-corrected chi connectivity index (χ4v) is 2.06. The Morgan fingerprint density at radius 2 is 1.39 bits per heavy atom. The van der Waals surface area contributed by atoms with Gasteiger partial charge >= 0.3 is 5.69 Å². The number of amides is 2. The topological polar surface area (TPSA) is 174 Å². The van der Waals surface area contributed by atoms with E-state index in [-0.39, 0.29) is 23.6 Å². The number of nitro groups is 1. The van der Waals surface area contributed by atoms with Crippen molar-refractivity contribution in [2.75, 3.05) is 18.9 Å². The SMILES string of the molecule is CCOc1cc(C(N)=O)ccc1N.CCOc1cc(C(N)=O)ccc1[N+](=O)[O-]. The van der Waals surface area contributed by atoms with Crippen LogP contribution in [0.3, 0.4) is 0 Å². The maximum atomic E-state index is 10.8. The van der Waals surface area contributed by atoms with Gasteiger partial charge in [0, 0.05) is 23.3 Å². The summed E-state index contributed by atoms with van der Waals surface area (Å²) in [4.78, 5) is 31.6. The summed E-state index contributed by atoms with van der Waals surface area (Å²) < 4.78 is 10.2. The van der Waals surface area contributed by atoms with Crippen LogP contribution in [0.5, 0.6) is 11.5 Å². The van der Waals surface area contributed by atoms with Gasteiger partial charge in [0.05, 0.1) is 23.8 Å². The van der Waals surface area contributed by atoms with E-state index < -0.39 is 16.7 Å². The first-order chi connectivity index (χ1) is 13.2. The van der Waals surface area contributed by atoms with Crippen molar-refractivity contribution >= 4 is 23.2 Å². The van der Waals surface area contributed by atoms with E-state index in [9.17, 15) is 19.7 Å². The van der Waals surface area contributed by atoms with Gasteiger partial charge < -0.3 is 26.7 Å². The molecule has 0 radical (unpaired) electrons. The van der Waals surface area contributed by atoms with Gasteiger partial charge in [-0.25, -0.2) is 0 Å². The molecule has 0 atom stereocenters. The van der Waals surface area contributed by atoms with Crippen molar-refractivity contribution < 1.29 is 24.0 Å². The van der Waals surface area contributed by atoms with Crippen LogP contribution < -0.4 is 26.7 Å². The Labute approximate surface area is 161 Å². The van der Waals surface area contributed by atoms with Crippen molar-refractivity contribution in [3.63, 3.8) is 0 Å². The molecule has 0 unspecified atom stereocenters. The Kier molecular flexibility index (Phi) is 8.22. The van der Waals surface area contributed by atoms with Gasteiger partial charge in [0.15, 0.2) is 5.75 Å². The highest BCUT2D eigenvalue weighted by atomic mass is 16.6. The number of primary amides is 2. The first-order valence-electron chi connectivity index (χ1n) is 8.24. The molecule has 0 aromatic heterocycles. The molecule has 0 aliphatic rings. The summed E-state index contributed by atoms with van der Waals surface area (Å²) >= 11 is 0. The molecule has 2 aromatic rings. The van der Waals surface area contributed by atoms with E-state index in [1.165, 1.54) is 18.2 Å². The molecule has 150 valence electrons. The largest absolute Gasteiger partial charge is 0.492 e. The number of rotatable bonds is 7. The van der Waals surface area contributed by atoms with Crippen LogP contribution in [0.15, 0.2) is 36.4 Å². The van der Waals surface area contributed by atoms with E-state index in [0.717, 1.165) is 0 Å². The lowest BCUT2D eigenvalue weighted by molar-refractivity contribution is -0.385. The third-order valence-corrected chi connectivity index (χ3v) is 3.34. The Balaban J connectivity index is 0.000000283. The maximum Gasteiger partial charge on any atom is 0.310 e. The third-order valence-electron chi connectivity index (χ3n) is 3.34. The van der Waals surface area contributed by atoms with Gasteiger partial charge in [0.2, 0.25) is 11.8 Å². The van der Waals surface area contributed by atoms with Crippen LogP contribution in [0.25, 0.3) is 0 Å². The Hall–Kier alpha value is -3.82. The number of nitrogens with zero attached hydrogens (tertiary/aromatic N) is 1. The minimum Gasteiger partial charge on any atom is -0.492 e. The number of hydrogen-bond donors (Lipinski definition) is 3. The van der Waals surface area contributed by atoms with E-state index in [1.54, 1.807) is 25.1 Å². The minimum atomic E-state index is -0.647. The number of nitrogens with two attached hydrogens (primary N) is 3. The first kappa shape index (κ1) is 22.2. The van der Waals surface area contributed by atoms with E-state index in [0.29, 0.717) is 23.6 Å². The molecule has 0 fully saturated rings. The van der Waals surface area contributed by atoms with Crippen LogP contribution >= 0.6 is 0 Å². The number of carbonyl (C=O) groups is 2. The summed E-state index contributed by atoms with van der Waals surface area (Å²) in [6.45, 7) is 4.33. The molecule has 0 spiro atoms. The summed E-state index contributed by atoms with van der Waals surface area (Å²) in [5, 5.41) is 10.6. The molecule has 6 N–H and O–H groups in total. The van der Waals surface area contributed by atoms with Gasteiger partial charge in [-0.05, 0) is 38.1 Å². The van der Waals surface area contributed by atoms with Gasteiger partial charge in [0.1, 0.15) is 5.75 Å². The fourth-order valence-electron chi connectivity index (χ4n) is 2.06. The summed E-state index contributed by atoms with van der Waals surface area (Å²) in [6, 6.07) is 8.48.